The maximum Gasteiger partial charge on any atom is 0.321 e. The Balaban J connectivity index is 1.21. The summed E-state index contributed by atoms with van der Waals surface area (Å²) in [6, 6.07) is 6.81. The Morgan fingerprint density at radius 3 is 2.82 bits per heavy atom. The third kappa shape index (κ3) is 5.00. The second-order valence-electron chi connectivity index (χ2n) is 9.90. The van der Waals surface area contributed by atoms with Crippen molar-refractivity contribution in [1.29, 1.82) is 0 Å². The van der Waals surface area contributed by atoms with E-state index in [-0.39, 0.29) is 23.5 Å². The van der Waals surface area contributed by atoms with Gasteiger partial charge in [-0.3, -0.25) is 19.5 Å². The van der Waals surface area contributed by atoms with Gasteiger partial charge in [0.15, 0.2) is 5.16 Å². The second kappa shape index (κ2) is 10.1. The summed E-state index contributed by atoms with van der Waals surface area (Å²) in [6.45, 7) is 3.14. The number of nitrogens with one attached hydrogen (secondary N) is 2. The molecule has 2 aliphatic carbocycles. The molecule has 9 heteroatoms. The van der Waals surface area contributed by atoms with E-state index in [1.165, 1.54) is 37.4 Å². The molecule has 2 aromatic rings. The number of hydrogen-bond acceptors (Lipinski definition) is 6. The molecular formula is C25H32N4O4S. The molecule has 3 aliphatic rings. The molecule has 1 aliphatic heterocycles. The number of nitrogens with zero attached hydrogens (tertiary/aromatic N) is 2. The lowest BCUT2D eigenvalue weighted by molar-refractivity contribution is -0.117. The first-order chi connectivity index (χ1) is 16.5. The number of rotatable bonds is 7. The van der Waals surface area contributed by atoms with Gasteiger partial charge in [0.2, 0.25) is 5.91 Å². The third-order valence-corrected chi connectivity index (χ3v) is 8.59. The Morgan fingerprint density at radius 1 is 1.24 bits per heavy atom. The minimum atomic E-state index is -0.455. The number of fused-ring (bicyclic) bond motifs is 3. The van der Waals surface area contributed by atoms with Crippen molar-refractivity contribution in [3.05, 3.63) is 34.6 Å². The zero-order chi connectivity index (χ0) is 23.7. The average Bonchev–Trinajstić information content (AvgIpc) is 3.58. The normalized spacial score (nSPS) is 26.6. The lowest BCUT2D eigenvalue weighted by atomic mass is 9.84. The van der Waals surface area contributed by atoms with Gasteiger partial charge in [-0.15, -0.1) is 0 Å². The topological polar surface area (TPSA) is 102 Å². The fourth-order valence-electron chi connectivity index (χ4n) is 5.96. The van der Waals surface area contributed by atoms with Crippen molar-refractivity contribution in [2.24, 2.45) is 17.8 Å². The van der Waals surface area contributed by atoms with Crippen LogP contribution in [0.5, 0.6) is 0 Å². The highest BCUT2D eigenvalue weighted by atomic mass is 32.2. The summed E-state index contributed by atoms with van der Waals surface area (Å²) in [5.74, 6) is 1.59. The van der Waals surface area contributed by atoms with Crippen molar-refractivity contribution in [2.45, 2.75) is 69.3 Å². The number of amides is 3. The van der Waals surface area contributed by atoms with Gasteiger partial charge in [-0.1, -0.05) is 30.3 Å². The highest BCUT2D eigenvalue weighted by Gasteiger charge is 2.42. The number of thioether (sulfide) groups is 1. The number of carbonyl (C=O) groups excluding carboxylic acids is 2. The molecule has 1 saturated heterocycles. The van der Waals surface area contributed by atoms with Crippen LogP contribution in [-0.4, -0.2) is 46.0 Å². The molecule has 2 N–H and O–H groups in total. The molecule has 8 nitrogen and oxygen atoms in total. The van der Waals surface area contributed by atoms with E-state index in [2.05, 4.69) is 15.6 Å². The molecule has 5 atom stereocenters. The molecule has 5 unspecified atom stereocenters. The van der Waals surface area contributed by atoms with Crippen molar-refractivity contribution in [3.8, 4) is 0 Å². The standard InChI is InChI=1S/C25H32N4O4S/c1-15(20-12-16-8-9-17(20)11-16)26-24(32)28-22(30)14-34-25-27-21-7-3-2-6-19(21)23(31)29(25)13-18-5-4-10-33-18/h2-3,6-7,15-18,20H,4-5,8-14H2,1H3,(H2,26,28,30,32). The molecular weight excluding hydrogens is 452 g/mol. The predicted octanol–water partition coefficient (Wildman–Crippen LogP) is 3.32. The number of benzene rings is 1. The van der Waals surface area contributed by atoms with E-state index in [0.29, 0.717) is 41.0 Å². The predicted molar refractivity (Wildman–Crippen MR) is 131 cm³/mol. The summed E-state index contributed by atoms with van der Waals surface area (Å²) in [5, 5.41) is 6.41. The van der Waals surface area contributed by atoms with Crippen LogP contribution in [0.2, 0.25) is 0 Å². The number of aromatic nitrogens is 2. The second-order valence-corrected chi connectivity index (χ2v) is 10.8. The van der Waals surface area contributed by atoms with Crippen molar-refractivity contribution < 1.29 is 14.3 Å². The summed E-state index contributed by atoms with van der Waals surface area (Å²) < 4.78 is 7.33. The lowest BCUT2D eigenvalue weighted by Gasteiger charge is -2.28. The van der Waals surface area contributed by atoms with Gasteiger partial charge in [0.05, 0.1) is 29.3 Å². The number of carbonyl (C=O) groups is 2. The summed E-state index contributed by atoms with van der Waals surface area (Å²) in [5.41, 5.74) is 0.456. The number of hydrogen-bond donors (Lipinski definition) is 2. The summed E-state index contributed by atoms with van der Waals surface area (Å²) in [4.78, 5) is 42.7. The van der Waals surface area contributed by atoms with E-state index in [0.717, 1.165) is 18.8 Å². The quantitative estimate of drug-likeness (QED) is 0.462. The van der Waals surface area contributed by atoms with Gasteiger partial charge in [-0.05, 0) is 68.9 Å². The van der Waals surface area contributed by atoms with Crippen LogP contribution in [-0.2, 0) is 16.1 Å². The lowest BCUT2D eigenvalue weighted by Crippen LogP contribution is -2.47. The SMILES string of the molecule is CC(NC(=O)NC(=O)CSc1nc2ccccc2c(=O)n1CC1CCCO1)C1CC2CCC1C2. The van der Waals surface area contributed by atoms with Crippen LogP contribution in [0.4, 0.5) is 4.79 Å². The van der Waals surface area contributed by atoms with Gasteiger partial charge in [0, 0.05) is 12.6 Å². The number of para-hydroxylation sites is 1. The molecule has 0 radical (unpaired) electrons. The Morgan fingerprint density at radius 2 is 2.09 bits per heavy atom. The van der Waals surface area contributed by atoms with Crippen molar-refractivity contribution in [3.63, 3.8) is 0 Å². The number of ether oxygens (including phenoxy) is 1. The maximum absolute atomic E-state index is 13.2. The average molecular weight is 485 g/mol. The van der Waals surface area contributed by atoms with E-state index < -0.39 is 11.9 Å². The van der Waals surface area contributed by atoms with Gasteiger partial charge in [-0.25, -0.2) is 9.78 Å². The molecule has 0 spiro atoms. The third-order valence-electron chi connectivity index (χ3n) is 7.62. The molecule has 1 aromatic heterocycles. The maximum atomic E-state index is 13.2. The van der Waals surface area contributed by atoms with Gasteiger partial charge in [0.1, 0.15) is 0 Å². The van der Waals surface area contributed by atoms with Gasteiger partial charge in [0.25, 0.3) is 5.56 Å². The fourth-order valence-corrected chi connectivity index (χ4v) is 6.77. The minimum Gasteiger partial charge on any atom is -0.376 e. The smallest absolute Gasteiger partial charge is 0.321 e. The van der Waals surface area contributed by atoms with Gasteiger partial charge < -0.3 is 10.1 Å². The van der Waals surface area contributed by atoms with E-state index in [1.807, 2.05) is 19.1 Å². The molecule has 1 aromatic carbocycles. The van der Waals surface area contributed by atoms with Crippen LogP contribution in [0, 0.1) is 17.8 Å². The monoisotopic (exact) mass is 484 g/mol. The molecule has 3 fully saturated rings. The Kier molecular flexibility index (Phi) is 6.92. The highest BCUT2D eigenvalue weighted by Crippen LogP contribution is 2.49. The van der Waals surface area contributed by atoms with E-state index in [1.54, 1.807) is 16.7 Å². The molecule has 5 rings (SSSR count). The largest absolute Gasteiger partial charge is 0.376 e. The van der Waals surface area contributed by atoms with E-state index >= 15 is 0 Å². The highest BCUT2D eigenvalue weighted by molar-refractivity contribution is 7.99. The summed E-state index contributed by atoms with van der Waals surface area (Å²) >= 11 is 1.17. The molecule has 2 bridgehead atoms. The van der Waals surface area contributed by atoms with Crippen LogP contribution < -0.4 is 16.2 Å². The molecule has 2 saturated carbocycles. The van der Waals surface area contributed by atoms with Crippen LogP contribution >= 0.6 is 11.8 Å². The van der Waals surface area contributed by atoms with Gasteiger partial charge in [-0.2, -0.15) is 0 Å². The number of urea groups is 1. The minimum absolute atomic E-state index is 0.00771. The van der Waals surface area contributed by atoms with Crippen LogP contribution in [0.1, 0.15) is 45.4 Å². The summed E-state index contributed by atoms with van der Waals surface area (Å²) in [6.07, 6.45) is 6.85. The van der Waals surface area contributed by atoms with Crippen molar-refractivity contribution in [2.75, 3.05) is 12.4 Å². The zero-order valence-corrected chi connectivity index (χ0v) is 20.3. The Hall–Kier alpha value is -2.39. The number of imide groups is 1. The molecule has 182 valence electrons. The van der Waals surface area contributed by atoms with Crippen molar-refractivity contribution >= 4 is 34.6 Å². The van der Waals surface area contributed by atoms with E-state index in [4.69, 9.17) is 4.74 Å². The van der Waals surface area contributed by atoms with Crippen LogP contribution in [0.25, 0.3) is 10.9 Å². The van der Waals surface area contributed by atoms with E-state index in [9.17, 15) is 14.4 Å². The fraction of sp³-hybridized carbons (Fsp3) is 0.600. The van der Waals surface area contributed by atoms with Gasteiger partial charge >= 0.3 is 6.03 Å². The Labute approximate surface area is 203 Å². The first-order valence-corrected chi connectivity index (χ1v) is 13.3. The molecule has 3 amide bonds. The summed E-state index contributed by atoms with van der Waals surface area (Å²) in [7, 11) is 0. The van der Waals surface area contributed by atoms with Crippen LogP contribution in [0.15, 0.2) is 34.2 Å². The first kappa shape index (κ1) is 23.4. The Bertz CT molecular complexity index is 1130. The van der Waals surface area contributed by atoms with Crippen LogP contribution in [0.3, 0.4) is 0 Å². The van der Waals surface area contributed by atoms with Crippen molar-refractivity contribution in [1.82, 2.24) is 20.2 Å². The molecule has 34 heavy (non-hydrogen) atoms. The first-order valence-electron chi connectivity index (χ1n) is 12.3. The molecule has 2 heterocycles. The zero-order valence-electron chi connectivity index (χ0n) is 19.5.